The lowest BCUT2D eigenvalue weighted by atomic mass is 9.91. The number of imidazole rings is 1. The number of H-pyrrole nitrogens is 1. The molecule has 2 aromatic heterocycles. The first-order chi connectivity index (χ1) is 20.8. The summed E-state index contributed by atoms with van der Waals surface area (Å²) in [7, 11) is 0. The van der Waals surface area contributed by atoms with Crippen molar-refractivity contribution in [1.29, 1.82) is 0 Å². The molecule has 1 aliphatic heterocycles. The van der Waals surface area contributed by atoms with E-state index in [1.165, 1.54) is 11.1 Å². The minimum Gasteiger partial charge on any atom is -0.475 e. The van der Waals surface area contributed by atoms with Gasteiger partial charge in [0.05, 0.1) is 12.5 Å². The van der Waals surface area contributed by atoms with Crippen LogP contribution < -0.4 is 10.6 Å². The summed E-state index contributed by atoms with van der Waals surface area (Å²) in [5.41, 5.74) is 3.06. The second-order valence-corrected chi connectivity index (χ2v) is 11.1. The smallest absolute Gasteiger partial charge is 0.475 e. The summed E-state index contributed by atoms with van der Waals surface area (Å²) in [6, 6.07) is 20.8. The van der Waals surface area contributed by atoms with Crippen LogP contribution in [0.4, 0.5) is 23.9 Å². The van der Waals surface area contributed by atoms with Crippen LogP contribution in [-0.4, -0.2) is 72.7 Å². The number of halogens is 3. The number of nitrogens with one attached hydrogen (secondary N) is 3. The highest BCUT2D eigenvalue weighted by molar-refractivity contribution is 5.73. The van der Waals surface area contributed by atoms with Crippen LogP contribution in [0.1, 0.15) is 50.7 Å². The Morgan fingerprint density at radius 1 is 1.05 bits per heavy atom. The van der Waals surface area contributed by atoms with Crippen molar-refractivity contribution in [1.82, 2.24) is 30.2 Å². The van der Waals surface area contributed by atoms with Gasteiger partial charge in [-0.15, -0.1) is 0 Å². The molecule has 1 unspecified atom stereocenters. The second kappa shape index (κ2) is 13.3. The third kappa shape index (κ3) is 8.22. The maximum atomic E-state index is 13.4. The van der Waals surface area contributed by atoms with Crippen molar-refractivity contribution in [3.8, 4) is 0 Å². The third-order valence-corrected chi connectivity index (χ3v) is 6.73. The molecule has 0 saturated carbocycles. The number of hydrogen-bond donors (Lipinski definition) is 4. The van der Waals surface area contributed by atoms with Crippen molar-refractivity contribution in [2.24, 2.45) is 0 Å². The number of alkyl halides is 3. The Balaban J connectivity index is 0.000000566. The fraction of sp³-hybridized carbons (Fsp3) is 0.367. The Labute approximate surface area is 251 Å². The number of nitrogens with zero attached hydrogens (tertiary/aromatic N) is 4. The van der Waals surface area contributed by atoms with Crippen LogP contribution in [0, 0.1) is 0 Å². The van der Waals surface area contributed by atoms with Crippen LogP contribution in [0.25, 0.3) is 11.2 Å². The van der Waals surface area contributed by atoms with Gasteiger partial charge in [0, 0.05) is 25.4 Å². The lowest BCUT2D eigenvalue weighted by Gasteiger charge is -2.41. The van der Waals surface area contributed by atoms with Crippen LogP contribution in [-0.2, 0) is 9.53 Å². The van der Waals surface area contributed by atoms with E-state index in [9.17, 15) is 18.0 Å². The molecule has 0 bridgehead atoms. The average molecular weight is 614 g/mol. The predicted molar refractivity (Wildman–Crippen MR) is 157 cm³/mol. The van der Waals surface area contributed by atoms with Crippen LogP contribution in [0.15, 0.2) is 73.2 Å². The summed E-state index contributed by atoms with van der Waals surface area (Å²) >= 11 is 0. The van der Waals surface area contributed by atoms with Gasteiger partial charge >= 0.3 is 18.2 Å². The monoisotopic (exact) mass is 613 g/mol. The summed E-state index contributed by atoms with van der Waals surface area (Å²) in [4.78, 5) is 40.3. The molecule has 2 aromatic carbocycles. The SMILES string of the molecule is CC(C)(C)OC(=O)N1CCCC1(NCC(c1ccccc1)c1ccccc1)Nc1ncc2[nH]cnc2n1.O=C(O)C(F)(F)F. The molecule has 11 nitrogen and oxygen atoms in total. The fourth-order valence-electron chi connectivity index (χ4n) is 4.79. The molecule has 14 heteroatoms. The first kappa shape index (κ1) is 32.2. The van der Waals surface area contributed by atoms with E-state index in [-0.39, 0.29) is 12.0 Å². The largest absolute Gasteiger partial charge is 0.490 e. The molecule has 0 spiro atoms. The fourth-order valence-corrected chi connectivity index (χ4v) is 4.79. The number of aromatic nitrogens is 4. The zero-order chi connectivity index (χ0) is 32.0. The van der Waals surface area contributed by atoms with Gasteiger partial charge in [-0.2, -0.15) is 18.2 Å². The number of rotatable bonds is 7. The highest BCUT2D eigenvalue weighted by Crippen LogP contribution is 2.32. The number of carbonyl (C=O) groups excluding carboxylic acids is 1. The Bertz CT molecular complexity index is 1510. The molecule has 4 N–H and O–H groups in total. The number of carbonyl (C=O) groups is 2. The average Bonchev–Trinajstić information content (AvgIpc) is 3.60. The van der Waals surface area contributed by atoms with Gasteiger partial charge < -0.3 is 20.1 Å². The van der Waals surface area contributed by atoms with Gasteiger partial charge in [0.2, 0.25) is 5.95 Å². The van der Waals surface area contributed by atoms with Gasteiger partial charge in [-0.3, -0.25) is 10.2 Å². The topological polar surface area (TPSA) is 145 Å². The van der Waals surface area contributed by atoms with Crippen LogP contribution >= 0.6 is 0 Å². The number of ether oxygens (including phenoxy) is 1. The van der Waals surface area contributed by atoms with Crippen LogP contribution in [0.2, 0.25) is 0 Å². The molecule has 4 aromatic rings. The van der Waals surface area contributed by atoms with Crippen molar-refractivity contribution >= 4 is 29.2 Å². The van der Waals surface area contributed by atoms with E-state index in [2.05, 4.69) is 79.1 Å². The van der Waals surface area contributed by atoms with Gasteiger partial charge in [0.15, 0.2) is 11.4 Å². The number of benzene rings is 2. The third-order valence-electron chi connectivity index (χ3n) is 6.73. The number of hydrogen-bond acceptors (Lipinski definition) is 8. The normalized spacial score (nSPS) is 16.8. The van der Waals surface area contributed by atoms with Crippen molar-refractivity contribution in [3.63, 3.8) is 0 Å². The summed E-state index contributed by atoms with van der Waals surface area (Å²) in [5, 5.41) is 14.3. The quantitative estimate of drug-likeness (QED) is 0.198. The number of amides is 1. The standard InChI is InChI=1S/C28H33N7O2.C2HF3O2/c1-27(2,3)37-26(36)35-16-10-15-28(35,34-25-29-18-23-24(33-25)31-19-30-23)32-17-22(20-11-6-4-7-12-20)21-13-8-5-9-14-21;3-2(4,5)1(6)7/h4-9,11-14,18-19,22,32H,10,15-17H2,1-3H3,(H2,29,30,31,33,34);(H,6,7). The molecule has 0 aliphatic carbocycles. The Kier molecular flexibility index (Phi) is 9.72. The highest BCUT2D eigenvalue weighted by atomic mass is 19.4. The Hall–Kier alpha value is -4.72. The van der Waals surface area contributed by atoms with E-state index < -0.39 is 23.5 Å². The van der Waals surface area contributed by atoms with Crippen molar-refractivity contribution < 1.29 is 32.6 Å². The van der Waals surface area contributed by atoms with E-state index in [4.69, 9.17) is 14.6 Å². The van der Waals surface area contributed by atoms with Crippen molar-refractivity contribution in [3.05, 3.63) is 84.3 Å². The van der Waals surface area contributed by atoms with Gasteiger partial charge in [-0.25, -0.2) is 19.6 Å². The maximum absolute atomic E-state index is 13.4. The van der Waals surface area contributed by atoms with Gasteiger partial charge in [-0.05, 0) is 38.3 Å². The van der Waals surface area contributed by atoms with Crippen molar-refractivity contribution in [2.45, 2.75) is 57.1 Å². The first-order valence-electron chi connectivity index (χ1n) is 13.9. The Morgan fingerprint density at radius 3 is 2.18 bits per heavy atom. The second-order valence-electron chi connectivity index (χ2n) is 11.1. The van der Waals surface area contributed by atoms with Gasteiger partial charge in [0.25, 0.3) is 0 Å². The molecule has 5 rings (SSSR count). The van der Waals surface area contributed by atoms with Gasteiger partial charge in [-0.1, -0.05) is 60.7 Å². The number of aromatic amines is 1. The minimum absolute atomic E-state index is 0.0666. The molecule has 1 amide bonds. The predicted octanol–water partition coefficient (Wildman–Crippen LogP) is 5.50. The molecule has 44 heavy (non-hydrogen) atoms. The van der Waals surface area contributed by atoms with E-state index >= 15 is 0 Å². The maximum Gasteiger partial charge on any atom is 0.490 e. The zero-order valence-corrected chi connectivity index (χ0v) is 24.4. The Morgan fingerprint density at radius 2 is 1.64 bits per heavy atom. The summed E-state index contributed by atoms with van der Waals surface area (Å²) in [6.07, 6.45) is -0.740. The molecule has 0 radical (unpaired) electrons. The number of fused-ring (bicyclic) bond motifs is 1. The van der Waals surface area contributed by atoms with E-state index in [0.29, 0.717) is 31.1 Å². The van der Waals surface area contributed by atoms with Crippen molar-refractivity contribution in [2.75, 3.05) is 18.4 Å². The lowest BCUT2D eigenvalue weighted by molar-refractivity contribution is -0.192. The summed E-state index contributed by atoms with van der Waals surface area (Å²) in [6.45, 7) is 6.74. The van der Waals surface area contributed by atoms with E-state index in [1.54, 1.807) is 17.4 Å². The molecule has 1 aliphatic rings. The molecule has 234 valence electrons. The van der Waals surface area contributed by atoms with Crippen LogP contribution in [0.3, 0.4) is 0 Å². The summed E-state index contributed by atoms with van der Waals surface area (Å²) in [5.74, 6) is -3.24. The zero-order valence-electron chi connectivity index (χ0n) is 24.4. The molecule has 1 fully saturated rings. The minimum atomic E-state index is -5.08. The van der Waals surface area contributed by atoms with E-state index in [0.717, 1.165) is 11.9 Å². The number of anilines is 1. The highest BCUT2D eigenvalue weighted by Gasteiger charge is 2.46. The molecular weight excluding hydrogens is 579 g/mol. The van der Waals surface area contributed by atoms with E-state index in [1.807, 2.05) is 32.9 Å². The molecule has 1 atom stereocenters. The summed E-state index contributed by atoms with van der Waals surface area (Å²) < 4.78 is 37.5. The molecule has 1 saturated heterocycles. The first-order valence-corrected chi connectivity index (χ1v) is 13.9. The number of carboxylic acid groups (broad SMARTS) is 1. The molecule has 3 heterocycles. The lowest BCUT2D eigenvalue weighted by Crippen LogP contribution is -2.63. The van der Waals surface area contributed by atoms with Crippen LogP contribution in [0.5, 0.6) is 0 Å². The molecular formula is C30H34F3N7O4. The van der Waals surface area contributed by atoms with Gasteiger partial charge in [0.1, 0.15) is 11.1 Å². The number of likely N-dealkylation sites (tertiary alicyclic amines) is 1. The number of carboxylic acids is 1. The number of aliphatic carboxylic acids is 1.